The summed E-state index contributed by atoms with van der Waals surface area (Å²) in [6, 6.07) is 2.04. The lowest BCUT2D eigenvalue weighted by Gasteiger charge is -2.32. The van der Waals surface area contributed by atoms with E-state index in [0.29, 0.717) is 5.57 Å². The second kappa shape index (κ2) is 4.19. The average Bonchev–Trinajstić information content (AvgIpc) is 2.53. The first kappa shape index (κ1) is 14.3. The quantitative estimate of drug-likeness (QED) is 0.682. The molecule has 1 saturated heterocycles. The van der Waals surface area contributed by atoms with Crippen molar-refractivity contribution in [1.29, 1.82) is 5.26 Å². The van der Waals surface area contributed by atoms with Gasteiger partial charge in [-0.2, -0.15) is 5.26 Å². The van der Waals surface area contributed by atoms with Crippen molar-refractivity contribution in [2.24, 2.45) is 0 Å². The van der Waals surface area contributed by atoms with Crippen molar-refractivity contribution >= 4 is 7.12 Å². The first-order valence-corrected chi connectivity index (χ1v) is 6.43. The van der Waals surface area contributed by atoms with Crippen molar-refractivity contribution in [3.63, 3.8) is 0 Å². The Morgan fingerprint density at radius 3 is 2.21 bits per heavy atom. The molecule has 0 saturated carbocycles. The first-order chi connectivity index (χ1) is 8.62. The van der Waals surface area contributed by atoms with Gasteiger partial charge in [-0.3, -0.25) is 0 Å². The predicted octanol–water partition coefficient (Wildman–Crippen LogP) is 3.20. The van der Waals surface area contributed by atoms with Crippen molar-refractivity contribution in [3.05, 3.63) is 23.8 Å². The van der Waals surface area contributed by atoms with Crippen LogP contribution in [0.4, 0.5) is 4.39 Å². The van der Waals surface area contributed by atoms with E-state index in [0.717, 1.165) is 0 Å². The maximum Gasteiger partial charge on any atom is 0.471 e. The Hall–Kier alpha value is -1.12. The molecule has 0 spiro atoms. The number of allylic oxidation sites excluding steroid dienone is 4. The van der Waals surface area contributed by atoms with Crippen LogP contribution in [0.15, 0.2) is 23.8 Å². The summed E-state index contributed by atoms with van der Waals surface area (Å²) in [6.07, 6.45) is 3.26. The van der Waals surface area contributed by atoms with E-state index in [-0.39, 0.29) is 0 Å². The molecule has 2 rings (SSSR count). The third kappa shape index (κ3) is 2.13. The monoisotopic (exact) mass is 263 g/mol. The van der Waals surface area contributed by atoms with E-state index < -0.39 is 29.8 Å². The summed E-state index contributed by atoms with van der Waals surface area (Å²) in [5.41, 5.74) is -0.587. The fraction of sp³-hybridized carbons (Fsp3) is 0.643. The number of rotatable bonds is 1. The second-order valence-electron chi connectivity index (χ2n) is 6.43. The molecular weight excluding hydrogens is 244 g/mol. The number of hydrogen-bond donors (Lipinski definition) is 0. The Bertz CT molecular complexity index is 476. The SMILES string of the molecule is CC1(B2OC(C)(C)C(C)(C)O2)C=C(C#N)C=CC1F. The molecule has 1 heterocycles. The summed E-state index contributed by atoms with van der Waals surface area (Å²) in [5, 5.41) is 8.00. The summed E-state index contributed by atoms with van der Waals surface area (Å²) in [7, 11) is -0.708. The minimum atomic E-state index is -1.24. The van der Waals surface area contributed by atoms with Crippen molar-refractivity contribution < 1.29 is 13.7 Å². The fourth-order valence-electron chi connectivity index (χ4n) is 2.22. The molecule has 0 aromatic heterocycles. The zero-order chi connectivity index (χ0) is 14.5. The van der Waals surface area contributed by atoms with Gasteiger partial charge in [-0.05, 0) is 39.8 Å². The van der Waals surface area contributed by atoms with Gasteiger partial charge in [-0.15, -0.1) is 0 Å². The van der Waals surface area contributed by atoms with Crippen molar-refractivity contribution in [3.8, 4) is 6.07 Å². The highest BCUT2D eigenvalue weighted by molar-refractivity contribution is 6.51. The van der Waals surface area contributed by atoms with E-state index >= 15 is 0 Å². The molecule has 1 fully saturated rings. The van der Waals surface area contributed by atoms with Gasteiger partial charge < -0.3 is 9.31 Å². The molecule has 0 amide bonds. The molecule has 0 aromatic rings. The maximum atomic E-state index is 14.3. The fourth-order valence-corrected chi connectivity index (χ4v) is 2.22. The van der Waals surface area contributed by atoms with E-state index in [9.17, 15) is 4.39 Å². The largest absolute Gasteiger partial charge is 0.471 e. The van der Waals surface area contributed by atoms with Gasteiger partial charge >= 0.3 is 7.12 Å². The average molecular weight is 263 g/mol. The molecular formula is C14H19BFNO2. The Labute approximate surface area is 114 Å². The van der Waals surface area contributed by atoms with Gasteiger partial charge in [0.1, 0.15) is 6.17 Å². The maximum absolute atomic E-state index is 14.3. The van der Waals surface area contributed by atoms with Gasteiger partial charge in [-0.1, -0.05) is 13.0 Å². The second-order valence-corrected chi connectivity index (χ2v) is 6.43. The van der Waals surface area contributed by atoms with Crippen LogP contribution in [0.25, 0.3) is 0 Å². The lowest BCUT2D eigenvalue weighted by atomic mass is 9.54. The number of halogens is 1. The summed E-state index contributed by atoms with van der Waals surface area (Å²) >= 11 is 0. The van der Waals surface area contributed by atoms with Gasteiger partial charge in [0.25, 0.3) is 0 Å². The molecule has 102 valence electrons. The molecule has 0 radical (unpaired) electrons. The highest BCUT2D eigenvalue weighted by Crippen LogP contribution is 2.50. The molecule has 2 atom stereocenters. The minimum Gasteiger partial charge on any atom is -0.403 e. The predicted molar refractivity (Wildman–Crippen MR) is 72.2 cm³/mol. The van der Waals surface area contributed by atoms with Crippen LogP contribution in [0, 0.1) is 11.3 Å². The molecule has 2 unspecified atom stereocenters. The summed E-state index contributed by atoms with van der Waals surface area (Å²) in [5.74, 6) is 0. The number of hydrogen-bond acceptors (Lipinski definition) is 3. The van der Waals surface area contributed by atoms with Crippen LogP contribution in [0.5, 0.6) is 0 Å². The zero-order valence-corrected chi connectivity index (χ0v) is 12.0. The summed E-state index contributed by atoms with van der Waals surface area (Å²) < 4.78 is 26.1. The number of nitriles is 1. The van der Waals surface area contributed by atoms with Crippen LogP contribution in [-0.2, 0) is 9.31 Å². The summed E-state index contributed by atoms with van der Waals surface area (Å²) in [4.78, 5) is 0. The normalized spacial score (nSPS) is 35.9. The molecule has 1 aliphatic carbocycles. The van der Waals surface area contributed by atoms with Crippen LogP contribution in [-0.4, -0.2) is 24.5 Å². The standard InChI is InChI=1S/C14H19BFNO2/c1-12(2)13(3,4)19-15(18-12)14(5)8-10(9-17)6-7-11(14)16/h6-8,11H,1-5H3. The van der Waals surface area contributed by atoms with Crippen LogP contribution in [0.3, 0.4) is 0 Å². The third-order valence-electron chi connectivity index (χ3n) is 4.40. The van der Waals surface area contributed by atoms with E-state index in [1.165, 1.54) is 12.2 Å². The Morgan fingerprint density at radius 2 is 1.74 bits per heavy atom. The highest BCUT2D eigenvalue weighted by Gasteiger charge is 2.60. The van der Waals surface area contributed by atoms with E-state index in [1.54, 1.807) is 13.0 Å². The molecule has 2 aliphatic rings. The van der Waals surface area contributed by atoms with Crippen LogP contribution < -0.4 is 0 Å². The van der Waals surface area contributed by atoms with E-state index in [1.807, 2.05) is 33.8 Å². The Kier molecular flexibility index (Phi) is 3.15. The smallest absolute Gasteiger partial charge is 0.403 e. The van der Waals surface area contributed by atoms with Crippen molar-refractivity contribution in [1.82, 2.24) is 0 Å². The number of alkyl halides is 1. The molecule has 1 aliphatic heterocycles. The minimum absolute atomic E-state index is 0.436. The summed E-state index contributed by atoms with van der Waals surface area (Å²) in [6.45, 7) is 9.43. The van der Waals surface area contributed by atoms with Gasteiger partial charge in [0.15, 0.2) is 0 Å². The molecule has 3 nitrogen and oxygen atoms in total. The van der Waals surface area contributed by atoms with Gasteiger partial charge in [-0.25, -0.2) is 4.39 Å². The highest BCUT2D eigenvalue weighted by atomic mass is 19.1. The topological polar surface area (TPSA) is 42.2 Å². The van der Waals surface area contributed by atoms with E-state index in [2.05, 4.69) is 0 Å². The van der Waals surface area contributed by atoms with Crippen molar-refractivity contribution in [2.75, 3.05) is 0 Å². The zero-order valence-electron chi connectivity index (χ0n) is 12.0. The lowest BCUT2D eigenvalue weighted by molar-refractivity contribution is 0.00578. The Morgan fingerprint density at radius 1 is 1.21 bits per heavy atom. The molecule has 5 heteroatoms. The van der Waals surface area contributed by atoms with E-state index in [4.69, 9.17) is 14.6 Å². The first-order valence-electron chi connectivity index (χ1n) is 6.43. The van der Waals surface area contributed by atoms with Gasteiger partial charge in [0, 0.05) is 5.57 Å². The Balaban J connectivity index is 2.35. The lowest BCUT2D eigenvalue weighted by Crippen LogP contribution is -2.41. The van der Waals surface area contributed by atoms with Crippen molar-refractivity contribution in [2.45, 2.75) is 57.3 Å². The van der Waals surface area contributed by atoms with Crippen LogP contribution in [0.1, 0.15) is 34.6 Å². The molecule has 0 bridgehead atoms. The molecule has 0 N–H and O–H groups in total. The van der Waals surface area contributed by atoms with Crippen LogP contribution in [0.2, 0.25) is 5.31 Å². The third-order valence-corrected chi connectivity index (χ3v) is 4.40. The van der Waals surface area contributed by atoms with Gasteiger partial charge in [0.05, 0.1) is 22.6 Å². The molecule has 0 aromatic carbocycles. The number of nitrogens with zero attached hydrogens (tertiary/aromatic N) is 1. The molecule has 19 heavy (non-hydrogen) atoms. The van der Waals surface area contributed by atoms with Crippen LogP contribution >= 0.6 is 0 Å². The van der Waals surface area contributed by atoms with Gasteiger partial charge in [0.2, 0.25) is 0 Å².